The van der Waals surface area contributed by atoms with Gasteiger partial charge in [-0.15, -0.1) is 0 Å². The van der Waals surface area contributed by atoms with Gasteiger partial charge in [-0.1, -0.05) is 41.1 Å². The standard InChI is InChI=1S/C61H58N12O9/c1-61(2,3)82-60(80)71-48(35-51(75)67-45-32-41-14-8-22-63-53(41)55-43(45)16-10-24-65-55)58(78)69-47(34-50(74)62-26-31-73-29-20-40(21-30-73)39-18-27-72(4)28-19-39)57(77)70-49(59(79)81-37-38-12-6-5-7-13-38)36-52(76)68-46-33-42-15-9-23-64-54(42)56-44(46)17-11-25-66-56/h5-25,27-30,32-33,47-49H,26,31,34-37H2,1-4H3,(H4-,62,65,67,69,70,71,74,75,77,78,80)/p+1/t47-,48-,49-/m0/s1. The molecule has 0 radical (unpaired) electrons. The van der Waals surface area contributed by atoms with E-state index in [9.17, 15) is 33.6 Å². The van der Waals surface area contributed by atoms with Crippen LogP contribution in [0.2, 0.25) is 0 Å². The third kappa shape index (κ3) is 14.6. The lowest BCUT2D eigenvalue weighted by molar-refractivity contribution is -0.150. The summed E-state index contributed by atoms with van der Waals surface area (Å²) in [7, 11) is 1.93. The van der Waals surface area contributed by atoms with Crippen molar-refractivity contribution in [3.05, 3.63) is 192 Å². The van der Waals surface area contributed by atoms with Crippen molar-refractivity contribution in [1.29, 1.82) is 0 Å². The second-order valence-corrected chi connectivity index (χ2v) is 20.3. The minimum absolute atomic E-state index is 0.0871. The number of hydrogen-bond acceptors (Lipinski definition) is 14. The van der Waals surface area contributed by atoms with E-state index in [1.54, 1.807) is 137 Å². The van der Waals surface area contributed by atoms with Gasteiger partial charge >= 0.3 is 17.8 Å². The molecule has 3 aromatic heterocycles. The van der Waals surface area contributed by atoms with E-state index in [4.69, 9.17) is 9.47 Å². The number of alkyl carbamates (subject to hydrolysis) is 1. The lowest BCUT2D eigenvalue weighted by Crippen LogP contribution is -2.57. The summed E-state index contributed by atoms with van der Waals surface area (Å²) in [4.78, 5) is 121. The van der Waals surface area contributed by atoms with Crippen LogP contribution in [0.15, 0.2) is 180 Å². The third-order valence-electron chi connectivity index (χ3n) is 12.9. The lowest BCUT2D eigenvalue weighted by atomic mass is 9.91. The van der Waals surface area contributed by atoms with Crippen LogP contribution >= 0.6 is 0 Å². The average molecular weight is 1100 g/mol. The highest BCUT2D eigenvalue weighted by Crippen LogP contribution is 2.30. The molecule has 5 N–H and O–H groups in total. The number of esters is 1. The normalized spacial score (nSPS) is 15.6. The molecule has 0 saturated heterocycles. The molecule has 6 amide bonds. The number of anilines is 1. The molecule has 1 aliphatic carbocycles. The summed E-state index contributed by atoms with van der Waals surface area (Å²) in [5, 5.41) is 14.4. The Morgan fingerprint density at radius 2 is 1.37 bits per heavy atom. The molecule has 3 aliphatic heterocycles. The topological polar surface area (TPSA) is 270 Å². The van der Waals surface area contributed by atoms with Gasteiger partial charge in [-0.2, -0.15) is 0 Å². The SMILES string of the molecule is CN1C=CC(=C2C=CN(CCNC(=O)C[C@H](NC(=O)[C@H](CC(=O)Nc3cc4cccnc4c4ncccc34)NC(=O)OC(C)(C)C)C(=O)N[C@@H](CC(=O)N=C3C=C4C=CC=[N+]=C4c4ncccc43)C(=O)OCc3ccccc3)C=C2)C=C1. The summed E-state index contributed by atoms with van der Waals surface area (Å²) in [6.07, 6.45) is 23.9. The molecule has 5 aromatic rings. The molecule has 21 heteroatoms. The van der Waals surface area contributed by atoms with E-state index in [-0.39, 0.29) is 18.9 Å². The Kier molecular flexibility index (Phi) is 17.6. The van der Waals surface area contributed by atoms with Gasteiger partial charge in [0.25, 0.3) is 6.21 Å². The first-order chi connectivity index (χ1) is 39.5. The summed E-state index contributed by atoms with van der Waals surface area (Å²) >= 11 is 0. The summed E-state index contributed by atoms with van der Waals surface area (Å²) in [6, 6.07) is 15.6. The second-order valence-electron chi connectivity index (χ2n) is 20.3. The number of aromatic nitrogens is 3. The third-order valence-corrected chi connectivity index (χ3v) is 12.9. The number of amides is 6. The first kappa shape index (κ1) is 56.3. The van der Waals surface area contributed by atoms with Gasteiger partial charge in [0.15, 0.2) is 5.69 Å². The zero-order chi connectivity index (χ0) is 57.8. The number of allylic oxidation sites excluding steroid dienone is 10. The Labute approximate surface area is 471 Å². The fourth-order valence-electron chi connectivity index (χ4n) is 8.98. The van der Waals surface area contributed by atoms with Crippen LogP contribution in [0.5, 0.6) is 0 Å². The summed E-state index contributed by atoms with van der Waals surface area (Å²) in [6.45, 7) is 4.99. The van der Waals surface area contributed by atoms with Crippen molar-refractivity contribution in [2.45, 2.75) is 70.4 Å². The Hall–Kier alpha value is -10.4. The lowest BCUT2D eigenvalue weighted by Gasteiger charge is -2.26. The molecule has 416 valence electrons. The van der Waals surface area contributed by atoms with Crippen LogP contribution in [-0.2, 0) is 44.8 Å². The average Bonchev–Trinajstić information content (AvgIpc) is 3.52. The number of nitrogens with zero attached hydrogens (tertiary/aromatic N) is 7. The highest BCUT2D eigenvalue weighted by molar-refractivity contribution is 6.30. The molecular weight excluding hydrogens is 1040 g/mol. The van der Waals surface area contributed by atoms with Gasteiger partial charge in [0.1, 0.15) is 30.3 Å². The second kappa shape index (κ2) is 25.6. The van der Waals surface area contributed by atoms with Crippen molar-refractivity contribution in [1.82, 2.24) is 50.7 Å². The fourth-order valence-corrected chi connectivity index (χ4v) is 8.98. The molecule has 82 heavy (non-hydrogen) atoms. The number of fused-ring (bicyclic) bond motifs is 6. The van der Waals surface area contributed by atoms with Crippen molar-refractivity contribution in [2.75, 3.05) is 25.5 Å². The van der Waals surface area contributed by atoms with E-state index in [1.165, 1.54) is 0 Å². The Morgan fingerprint density at radius 1 is 0.707 bits per heavy atom. The number of nitrogens with one attached hydrogen (secondary N) is 5. The summed E-state index contributed by atoms with van der Waals surface area (Å²) < 4.78 is 15.6. The predicted octanol–water partition coefficient (Wildman–Crippen LogP) is 5.07. The van der Waals surface area contributed by atoms with E-state index in [0.717, 1.165) is 11.1 Å². The predicted molar refractivity (Wildman–Crippen MR) is 309 cm³/mol. The quantitative estimate of drug-likeness (QED) is 0.0436. The number of carbonyl (C=O) groups excluding carboxylic acids is 7. The van der Waals surface area contributed by atoms with E-state index < -0.39 is 84.6 Å². The van der Waals surface area contributed by atoms with Crippen LogP contribution in [0.3, 0.4) is 0 Å². The van der Waals surface area contributed by atoms with Crippen LogP contribution in [-0.4, -0.2) is 128 Å². The fraction of sp³-hybridized carbons (Fsp3) is 0.230. The van der Waals surface area contributed by atoms with Crippen molar-refractivity contribution >= 4 is 86.7 Å². The highest BCUT2D eigenvalue weighted by atomic mass is 16.6. The molecule has 0 spiro atoms. The zero-order valence-corrected chi connectivity index (χ0v) is 45.4. The number of hydrogen-bond donors (Lipinski definition) is 5. The van der Waals surface area contributed by atoms with Crippen LogP contribution in [0.1, 0.15) is 56.9 Å². The maximum atomic E-state index is 14.8. The molecule has 0 unspecified atom stereocenters. The molecular formula is C61H59N12O9+. The van der Waals surface area contributed by atoms with Crippen molar-refractivity contribution in [3.8, 4) is 0 Å². The maximum Gasteiger partial charge on any atom is 0.408 e. The maximum absolute atomic E-state index is 14.8. The zero-order valence-electron chi connectivity index (χ0n) is 45.4. The van der Waals surface area contributed by atoms with Gasteiger partial charge in [-0.05, 0) is 110 Å². The van der Waals surface area contributed by atoms with Gasteiger partial charge < -0.3 is 45.9 Å². The van der Waals surface area contributed by atoms with Crippen molar-refractivity contribution < 1.29 is 43.0 Å². The molecule has 0 fully saturated rings. The highest BCUT2D eigenvalue weighted by Gasteiger charge is 2.36. The minimum Gasteiger partial charge on any atom is -0.459 e. The monoisotopic (exact) mass is 1100 g/mol. The van der Waals surface area contributed by atoms with Crippen LogP contribution < -0.4 is 31.3 Å². The van der Waals surface area contributed by atoms with Gasteiger partial charge in [0, 0.05) is 85.9 Å². The Balaban J connectivity index is 0.976. The first-order valence-electron chi connectivity index (χ1n) is 26.3. The number of pyridine rings is 3. The molecule has 21 nitrogen and oxygen atoms in total. The van der Waals surface area contributed by atoms with Crippen LogP contribution in [0.4, 0.5) is 10.5 Å². The molecule has 4 aliphatic rings. The number of ether oxygens (including phenoxy) is 2. The van der Waals surface area contributed by atoms with Crippen LogP contribution in [0.25, 0.3) is 21.8 Å². The van der Waals surface area contributed by atoms with Gasteiger partial charge in [0.2, 0.25) is 29.5 Å². The molecule has 6 heterocycles. The van der Waals surface area contributed by atoms with Crippen molar-refractivity contribution in [2.24, 2.45) is 4.99 Å². The van der Waals surface area contributed by atoms with Gasteiger partial charge in [-0.3, -0.25) is 33.9 Å². The number of rotatable bonds is 18. The largest absolute Gasteiger partial charge is 0.459 e. The van der Waals surface area contributed by atoms with E-state index in [2.05, 4.69) is 51.2 Å². The summed E-state index contributed by atoms with van der Waals surface area (Å²) in [5.74, 6) is -5.46. The Morgan fingerprint density at radius 3 is 2.11 bits per heavy atom. The molecule has 3 atom stereocenters. The number of benzene rings is 2. The molecule has 9 rings (SSSR count). The molecule has 2 aromatic carbocycles. The van der Waals surface area contributed by atoms with Crippen LogP contribution in [0, 0.1) is 0 Å². The smallest absolute Gasteiger partial charge is 0.408 e. The Bertz CT molecular complexity index is 3660. The van der Waals surface area contributed by atoms with E-state index in [1.807, 2.05) is 66.0 Å². The molecule has 0 bridgehead atoms. The van der Waals surface area contributed by atoms with Crippen molar-refractivity contribution in [3.63, 3.8) is 0 Å². The number of carbonyl (C=O) groups is 7. The first-order valence-corrected chi connectivity index (χ1v) is 26.3. The van der Waals surface area contributed by atoms with Gasteiger partial charge in [0.05, 0.1) is 47.3 Å². The van der Waals surface area contributed by atoms with Gasteiger partial charge in [-0.25, -0.2) is 19.6 Å². The van der Waals surface area contributed by atoms with E-state index in [0.29, 0.717) is 62.1 Å². The minimum atomic E-state index is -1.79. The van der Waals surface area contributed by atoms with E-state index >= 15 is 0 Å². The summed E-state index contributed by atoms with van der Waals surface area (Å²) in [5.41, 5.74) is 5.46. The number of aliphatic imine (C=N–C) groups is 1. The molecule has 0 saturated carbocycles.